The van der Waals surface area contributed by atoms with Crippen LogP contribution in [0.1, 0.15) is 38.5 Å². The van der Waals surface area contributed by atoms with Crippen LogP contribution in [0.15, 0.2) is 0 Å². The molecule has 1 aliphatic heterocycles. The standard InChI is InChI=1S/C23H51BN2O26P6/c1-25-8-11-42-13-15-44-17-16-43-14-12-41-10-6-23(28)26-7-4-2-3-5-9-45-53(29,30)48-55(33,34)50-57(37,38)52-58(39,40)51-56(35,36)49-54(31,32)46-19-21-20(27)18-22(24)47-21/h20-22,25,27H,2-19H2,1H3,(H,26,28)(H,29,30)(H,31,32)(H,33,34)(H,35,36)(H,37,38)(H,39,40)/t20-,21+,22+/m1/s1. The molecule has 9 atom stereocenters. The number of phosphoric acid groups is 6. The Morgan fingerprint density at radius 1 is 0.603 bits per heavy atom. The summed E-state index contributed by atoms with van der Waals surface area (Å²) in [5.41, 5.74) is 0. The highest BCUT2D eigenvalue weighted by Gasteiger charge is 2.49. The molecule has 9 N–H and O–H groups in total. The Kier molecular flexibility index (Phi) is 27.1. The number of carbonyl (C=O) groups is 1. The maximum atomic E-state index is 12.1. The Morgan fingerprint density at radius 3 is 1.50 bits per heavy atom. The molecule has 1 rings (SSSR count). The number of aliphatic hydroxyl groups is 1. The summed E-state index contributed by atoms with van der Waals surface area (Å²) in [7, 11) is -29.2. The number of ether oxygens (including phenoxy) is 5. The van der Waals surface area contributed by atoms with E-state index >= 15 is 0 Å². The Morgan fingerprint density at radius 2 is 1.03 bits per heavy atom. The van der Waals surface area contributed by atoms with Crippen molar-refractivity contribution >= 4 is 60.7 Å². The molecule has 0 aromatic heterocycles. The summed E-state index contributed by atoms with van der Waals surface area (Å²) < 4.78 is 125. The highest BCUT2D eigenvalue weighted by atomic mass is 31.3. The van der Waals surface area contributed by atoms with Gasteiger partial charge in [-0.15, -0.1) is 0 Å². The van der Waals surface area contributed by atoms with Crippen LogP contribution in [0.5, 0.6) is 0 Å². The molecule has 0 spiro atoms. The molecule has 1 aliphatic rings. The molecule has 0 aliphatic carbocycles. The van der Waals surface area contributed by atoms with E-state index in [0.717, 1.165) is 6.54 Å². The predicted octanol–water partition coefficient (Wildman–Crippen LogP) is 0.702. The maximum absolute atomic E-state index is 12.1. The molecule has 0 aromatic rings. The fourth-order valence-electron chi connectivity index (χ4n) is 4.01. The molecule has 28 nitrogen and oxygen atoms in total. The van der Waals surface area contributed by atoms with Crippen LogP contribution in [-0.4, -0.2) is 153 Å². The molecule has 1 fully saturated rings. The lowest BCUT2D eigenvalue weighted by molar-refractivity contribution is -0.122. The first-order chi connectivity index (χ1) is 26.9. The van der Waals surface area contributed by atoms with Crippen LogP contribution in [0.25, 0.3) is 0 Å². The average molecular weight is 968 g/mol. The molecule has 1 saturated heterocycles. The molecular formula is C23H51BN2O26P6. The maximum Gasteiger partial charge on any atom is 0.490 e. The van der Waals surface area contributed by atoms with Gasteiger partial charge in [0.05, 0.1) is 72.2 Å². The second-order valence-electron chi connectivity index (χ2n) is 11.4. The summed E-state index contributed by atoms with van der Waals surface area (Å²) in [5, 5.41) is 15.3. The van der Waals surface area contributed by atoms with Crippen molar-refractivity contribution in [2.75, 3.05) is 86.2 Å². The van der Waals surface area contributed by atoms with E-state index in [0.29, 0.717) is 72.1 Å². The van der Waals surface area contributed by atoms with E-state index < -0.39 is 78.4 Å². The smallest absolute Gasteiger partial charge is 0.390 e. The van der Waals surface area contributed by atoms with Crippen molar-refractivity contribution in [2.24, 2.45) is 0 Å². The first-order valence-corrected chi connectivity index (χ1v) is 26.0. The van der Waals surface area contributed by atoms with Crippen molar-refractivity contribution in [1.29, 1.82) is 0 Å². The average Bonchev–Trinajstić information content (AvgIpc) is 3.38. The van der Waals surface area contributed by atoms with Crippen molar-refractivity contribution in [1.82, 2.24) is 10.6 Å². The van der Waals surface area contributed by atoms with Crippen molar-refractivity contribution in [3.8, 4) is 0 Å². The summed E-state index contributed by atoms with van der Waals surface area (Å²) in [4.78, 5) is 69.5. The van der Waals surface area contributed by atoms with E-state index in [1.54, 1.807) is 0 Å². The van der Waals surface area contributed by atoms with Crippen LogP contribution >= 0.6 is 46.9 Å². The van der Waals surface area contributed by atoms with Gasteiger partial charge in [0.25, 0.3) is 0 Å². The fourth-order valence-corrected chi connectivity index (χ4v) is 11.9. The monoisotopic (exact) mass is 968 g/mol. The largest absolute Gasteiger partial charge is 0.490 e. The van der Waals surface area contributed by atoms with Gasteiger partial charge in [0.1, 0.15) is 14.0 Å². The molecule has 6 unspecified atom stereocenters. The molecule has 2 radical (unpaired) electrons. The summed E-state index contributed by atoms with van der Waals surface area (Å²) in [6, 6.07) is -0.979. The van der Waals surface area contributed by atoms with Crippen LogP contribution in [0.2, 0.25) is 0 Å². The quantitative estimate of drug-likeness (QED) is 0.0237. The van der Waals surface area contributed by atoms with E-state index in [1.165, 1.54) is 0 Å². The lowest BCUT2D eigenvalue weighted by Crippen LogP contribution is -2.26. The van der Waals surface area contributed by atoms with E-state index in [-0.39, 0.29) is 31.8 Å². The zero-order chi connectivity index (χ0) is 43.9. The second kappa shape index (κ2) is 28.0. The lowest BCUT2D eigenvalue weighted by atomic mass is 9.96. The summed E-state index contributed by atoms with van der Waals surface area (Å²) >= 11 is 0. The summed E-state index contributed by atoms with van der Waals surface area (Å²) in [5.74, 6) is -0.253. The van der Waals surface area contributed by atoms with Crippen LogP contribution in [0.4, 0.5) is 0 Å². The summed E-state index contributed by atoms with van der Waals surface area (Å²) in [6.07, 6.45) is -1.11. The van der Waals surface area contributed by atoms with Gasteiger partial charge in [0.2, 0.25) is 5.91 Å². The Hall–Kier alpha value is 0.115. The molecule has 0 aromatic carbocycles. The van der Waals surface area contributed by atoms with Crippen LogP contribution < -0.4 is 10.6 Å². The van der Waals surface area contributed by atoms with Gasteiger partial charge >= 0.3 is 46.9 Å². The molecular weight excluding hydrogens is 917 g/mol. The van der Waals surface area contributed by atoms with Gasteiger partial charge in [0.15, 0.2) is 0 Å². The van der Waals surface area contributed by atoms with Crippen molar-refractivity contribution in [2.45, 2.75) is 56.7 Å². The number of likely N-dealkylation sites (N-methyl/N-ethyl adjacent to an activating group) is 1. The lowest BCUT2D eigenvalue weighted by Gasteiger charge is -2.21. The number of aliphatic hydroxyl groups excluding tert-OH is 1. The minimum Gasteiger partial charge on any atom is -0.390 e. The zero-order valence-corrected chi connectivity index (χ0v) is 36.5. The van der Waals surface area contributed by atoms with Gasteiger partial charge in [-0.25, -0.2) is 27.4 Å². The van der Waals surface area contributed by atoms with Crippen molar-refractivity contribution < 1.29 is 121 Å². The number of rotatable bonds is 36. The van der Waals surface area contributed by atoms with Gasteiger partial charge in [-0.1, -0.05) is 12.8 Å². The molecule has 342 valence electrons. The van der Waals surface area contributed by atoms with Gasteiger partial charge in [-0.3, -0.25) is 13.8 Å². The van der Waals surface area contributed by atoms with Gasteiger partial charge in [-0.2, -0.15) is 21.6 Å². The number of hydrogen-bond donors (Lipinski definition) is 9. The highest BCUT2D eigenvalue weighted by molar-refractivity contribution is 7.72. The molecule has 1 heterocycles. The Labute approximate surface area is 334 Å². The highest BCUT2D eigenvalue weighted by Crippen LogP contribution is 2.75. The van der Waals surface area contributed by atoms with E-state index in [2.05, 4.69) is 41.2 Å². The van der Waals surface area contributed by atoms with Gasteiger partial charge in [-0.05, 0) is 26.3 Å². The van der Waals surface area contributed by atoms with Crippen LogP contribution in [-0.2, 0) is 86.5 Å². The van der Waals surface area contributed by atoms with E-state index in [1.807, 2.05) is 7.05 Å². The summed E-state index contributed by atoms with van der Waals surface area (Å²) in [6.45, 7) is 2.74. The van der Waals surface area contributed by atoms with Gasteiger partial charge < -0.3 is 68.8 Å². The first-order valence-electron chi connectivity index (χ1n) is 17.0. The topological polar surface area (TPSA) is 396 Å². The molecule has 58 heavy (non-hydrogen) atoms. The van der Waals surface area contributed by atoms with Crippen molar-refractivity contribution in [3.05, 3.63) is 0 Å². The Balaban J connectivity index is 2.25. The number of hydrogen-bond acceptors (Lipinski definition) is 21. The fraction of sp³-hybridized carbons (Fsp3) is 0.957. The second-order valence-corrected chi connectivity index (χ2v) is 20.8. The molecule has 0 bridgehead atoms. The number of unbranched alkanes of at least 4 members (excludes halogenated alkanes) is 3. The normalized spacial score (nSPS) is 23.5. The third-order valence-corrected chi connectivity index (χ3v) is 15.7. The molecule has 0 saturated carbocycles. The zero-order valence-electron chi connectivity index (χ0n) is 31.1. The van der Waals surface area contributed by atoms with E-state index in [4.69, 9.17) is 31.5 Å². The predicted molar refractivity (Wildman–Crippen MR) is 195 cm³/mol. The number of carbonyl (C=O) groups excluding carboxylic acids is 1. The van der Waals surface area contributed by atoms with Crippen LogP contribution in [0.3, 0.4) is 0 Å². The third kappa shape index (κ3) is 29.4. The number of phosphoric ester groups is 2. The van der Waals surface area contributed by atoms with E-state index in [9.17, 15) is 66.7 Å². The van der Waals surface area contributed by atoms with Gasteiger partial charge in [0, 0.05) is 25.5 Å². The van der Waals surface area contributed by atoms with Crippen LogP contribution in [0, 0.1) is 0 Å². The third-order valence-electron chi connectivity index (χ3n) is 6.42. The molecule has 1 amide bonds. The minimum atomic E-state index is -6.41. The first kappa shape index (κ1) is 56.1. The van der Waals surface area contributed by atoms with Crippen molar-refractivity contribution in [3.63, 3.8) is 0 Å². The molecule has 35 heteroatoms. The minimum absolute atomic E-state index is 0.0814. The number of nitrogens with one attached hydrogen (secondary N) is 2. The SMILES string of the molecule is [B][C@@H]1C[C@@H](O)[C@H](COP(=O)(O)OP(=O)(O)OP(=O)(O)OP(=O)(O)OP(=O)(O)OP(=O)(O)OCCCCCCNC(=O)CCOCCOCCOCCOCCNC)O1. The number of amides is 1. The Bertz CT molecular complexity index is 1500.